The molecule has 0 saturated heterocycles. The number of aryl methyl sites for hydroxylation is 1. The van der Waals surface area contributed by atoms with Crippen molar-refractivity contribution in [3.05, 3.63) is 61.2 Å². The molecule has 0 unspecified atom stereocenters. The number of amides is 1. The van der Waals surface area contributed by atoms with Crippen LogP contribution < -0.4 is 5.32 Å². The van der Waals surface area contributed by atoms with Crippen molar-refractivity contribution in [2.45, 2.75) is 34.1 Å². The van der Waals surface area contributed by atoms with Crippen LogP contribution >= 0.6 is 0 Å². The molecular weight excluding hydrogens is 480 g/mol. The number of anilines is 1. The Morgan fingerprint density at radius 3 is 2.76 bits per heavy atom. The smallest absolute Gasteiger partial charge is 0.224 e. The predicted molar refractivity (Wildman–Crippen MR) is 145 cm³/mol. The van der Waals surface area contributed by atoms with Crippen LogP contribution in [0.3, 0.4) is 0 Å². The van der Waals surface area contributed by atoms with Gasteiger partial charge in [-0.3, -0.25) is 19.9 Å². The molecular formula is C27H26N10O. The molecule has 0 aromatic carbocycles. The fraction of sp³-hybridized carbons (Fsp3) is 0.222. The Hall–Kier alpha value is -4.93. The van der Waals surface area contributed by atoms with E-state index in [4.69, 9.17) is 4.98 Å². The van der Waals surface area contributed by atoms with Crippen LogP contribution in [0, 0.1) is 12.3 Å². The fourth-order valence-corrected chi connectivity index (χ4v) is 4.36. The van der Waals surface area contributed by atoms with E-state index in [0.29, 0.717) is 40.5 Å². The van der Waals surface area contributed by atoms with Crippen molar-refractivity contribution < 1.29 is 4.79 Å². The largest absolute Gasteiger partial charge is 0.325 e. The molecule has 0 aliphatic carbocycles. The van der Waals surface area contributed by atoms with Crippen molar-refractivity contribution in [1.29, 1.82) is 0 Å². The van der Waals surface area contributed by atoms with Crippen LogP contribution in [0.15, 0.2) is 55.5 Å². The quantitative estimate of drug-likeness (QED) is 0.304. The molecule has 6 aromatic heterocycles. The molecule has 6 rings (SSSR count). The van der Waals surface area contributed by atoms with Crippen LogP contribution in [0.2, 0.25) is 0 Å². The van der Waals surface area contributed by atoms with Gasteiger partial charge < -0.3 is 14.9 Å². The summed E-state index contributed by atoms with van der Waals surface area (Å²) >= 11 is 0. The maximum absolute atomic E-state index is 12.4. The number of pyridine rings is 3. The summed E-state index contributed by atoms with van der Waals surface area (Å²) in [6.07, 6.45) is 10.9. The number of aromatic amines is 2. The normalized spacial score (nSPS) is 11.9. The second-order valence-electron chi connectivity index (χ2n) is 10.5. The van der Waals surface area contributed by atoms with E-state index in [0.717, 1.165) is 27.8 Å². The van der Waals surface area contributed by atoms with Gasteiger partial charge in [-0.15, -0.1) is 0 Å². The fourth-order valence-electron chi connectivity index (χ4n) is 4.36. The lowest BCUT2D eigenvalue weighted by atomic mass is 9.92. The lowest BCUT2D eigenvalue weighted by molar-refractivity contribution is -0.117. The number of hydrogen-bond donors (Lipinski definition) is 3. The van der Waals surface area contributed by atoms with Crippen LogP contribution in [0.25, 0.3) is 50.5 Å². The highest BCUT2D eigenvalue weighted by molar-refractivity contribution is 5.95. The number of carbonyl (C=O) groups excluding carboxylic acids is 1. The number of H-pyrrole nitrogens is 2. The Morgan fingerprint density at radius 1 is 1.11 bits per heavy atom. The second-order valence-corrected chi connectivity index (χ2v) is 10.5. The number of nitrogens with zero attached hydrogens (tertiary/aromatic N) is 7. The van der Waals surface area contributed by atoms with Gasteiger partial charge in [0.15, 0.2) is 11.5 Å². The van der Waals surface area contributed by atoms with Gasteiger partial charge in [-0.25, -0.2) is 15.0 Å². The monoisotopic (exact) mass is 506 g/mol. The molecule has 0 aliphatic rings. The molecule has 6 aromatic rings. The molecule has 3 N–H and O–H groups in total. The minimum absolute atomic E-state index is 0.0549. The number of imidazole rings is 2. The van der Waals surface area contributed by atoms with Crippen molar-refractivity contribution in [3.63, 3.8) is 0 Å². The van der Waals surface area contributed by atoms with Crippen LogP contribution in [-0.4, -0.2) is 50.6 Å². The third kappa shape index (κ3) is 4.49. The molecule has 0 saturated carbocycles. The van der Waals surface area contributed by atoms with E-state index in [-0.39, 0.29) is 11.3 Å². The van der Waals surface area contributed by atoms with Crippen LogP contribution in [0.4, 0.5) is 5.69 Å². The molecule has 0 radical (unpaired) electrons. The first kappa shape index (κ1) is 23.5. The highest BCUT2D eigenvalue weighted by Gasteiger charge is 2.18. The molecule has 1 amide bonds. The van der Waals surface area contributed by atoms with Crippen molar-refractivity contribution in [1.82, 2.24) is 44.7 Å². The van der Waals surface area contributed by atoms with E-state index in [9.17, 15) is 4.79 Å². The molecule has 0 atom stereocenters. The van der Waals surface area contributed by atoms with Gasteiger partial charge in [0.05, 0.1) is 47.0 Å². The molecule has 11 heteroatoms. The van der Waals surface area contributed by atoms with Crippen LogP contribution in [0.1, 0.15) is 32.9 Å². The topological polar surface area (TPSA) is 143 Å². The van der Waals surface area contributed by atoms with Gasteiger partial charge in [0.25, 0.3) is 0 Å². The number of rotatable bonds is 5. The summed E-state index contributed by atoms with van der Waals surface area (Å²) in [7, 11) is 0. The van der Waals surface area contributed by atoms with E-state index < -0.39 is 0 Å². The first-order valence-corrected chi connectivity index (χ1v) is 12.2. The highest BCUT2D eigenvalue weighted by Crippen LogP contribution is 2.30. The van der Waals surface area contributed by atoms with Gasteiger partial charge >= 0.3 is 0 Å². The lowest BCUT2D eigenvalue weighted by Crippen LogP contribution is -2.19. The minimum atomic E-state index is -0.107. The summed E-state index contributed by atoms with van der Waals surface area (Å²) in [6.45, 7) is 8.03. The summed E-state index contributed by atoms with van der Waals surface area (Å²) in [4.78, 5) is 38.2. The van der Waals surface area contributed by atoms with E-state index in [1.165, 1.54) is 0 Å². The minimum Gasteiger partial charge on any atom is -0.325 e. The molecule has 0 spiro atoms. The average molecular weight is 507 g/mol. The molecule has 190 valence electrons. The second kappa shape index (κ2) is 8.87. The SMILES string of the molecule is Cc1cn(-c2ccnc3[nH]c(-c4n[nH]c5cnc(-c6cncc(NC(=O)CC(C)(C)C)c6)cc45)nc23)cn1. The van der Waals surface area contributed by atoms with Crippen LogP contribution in [0.5, 0.6) is 0 Å². The number of carbonyl (C=O) groups is 1. The van der Waals surface area contributed by atoms with Crippen LogP contribution in [-0.2, 0) is 4.79 Å². The van der Waals surface area contributed by atoms with Gasteiger partial charge in [0.2, 0.25) is 5.91 Å². The summed E-state index contributed by atoms with van der Waals surface area (Å²) in [5, 5.41) is 11.3. The summed E-state index contributed by atoms with van der Waals surface area (Å²) in [5.41, 5.74) is 6.56. The molecule has 0 bridgehead atoms. The number of fused-ring (bicyclic) bond motifs is 2. The maximum atomic E-state index is 12.4. The zero-order valence-electron chi connectivity index (χ0n) is 21.4. The molecule has 6 heterocycles. The average Bonchev–Trinajstić information content (AvgIpc) is 3.60. The zero-order valence-corrected chi connectivity index (χ0v) is 21.4. The Balaban J connectivity index is 1.36. The van der Waals surface area contributed by atoms with Gasteiger partial charge in [-0.1, -0.05) is 20.8 Å². The first-order chi connectivity index (χ1) is 18.2. The maximum Gasteiger partial charge on any atom is 0.224 e. The van der Waals surface area contributed by atoms with Crippen molar-refractivity contribution in [2.75, 3.05) is 5.32 Å². The van der Waals surface area contributed by atoms with Crippen molar-refractivity contribution in [3.8, 4) is 28.5 Å². The number of nitrogens with one attached hydrogen (secondary N) is 3. The summed E-state index contributed by atoms with van der Waals surface area (Å²) in [5.74, 6) is 0.530. The Morgan fingerprint density at radius 2 is 1.97 bits per heavy atom. The Labute approximate surface area is 217 Å². The standard InChI is InChI=1S/C27H26N10O/c1-15-13-37(14-31-15)21-5-6-29-25-24(21)33-26(34-25)23-18-8-19(30-12-20(18)35-36-23)16-7-17(11-28-10-16)32-22(38)9-27(2,3)4/h5-8,10-14H,9H2,1-4H3,(H,32,38)(H,35,36)(H,29,33,34). The van der Waals surface area contributed by atoms with Crippen molar-refractivity contribution >= 4 is 33.7 Å². The summed E-state index contributed by atoms with van der Waals surface area (Å²) < 4.78 is 1.93. The molecule has 0 aliphatic heterocycles. The first-order valence-electron chi connectivity index (χ1n) is 12.2. The third-order valence-corrected chi connectivity index (χ3v) is 6.03. The van der Waals surface area contributed by atoms with Gasteiger partial charge in [0.1, 0.15) is 11.2 Å². The predicted octanol–water partition coefficient (Wildman–Crippen LogP) is 4.83. The lowest BCUT2D eigenvalue weighted by Gasteiger charge is -2.17. The number of aromatic nitrogens is 9. The van der Waals surface area contributed by atoms with E-state index >= 15 is 0 Å². The zero-order chi connectivity index (χ0) is 26.4. The highest BCUT2D eigenvalue weighted by atomic mass is 16.1. The van der Waals surface area contributed by atoms with Gasteiger partial charge in [0, 0.05) is 36.0 Å². The Kier molecular flexibility index (Phi) is 5.48. The molecule has 38 heavy (non-hydrogen) atoms. The third-order valence-electron chi connectivity index (χ3n) is 6.03. The van der Waals surface area contributed by atoms with Gasteiger partial charge in [-0.2, -0.15) is 5.10 Å². The molecule has 11 nitrogen and oxygen atoms in total. The van der Waals surface area contributed by atoms with E-state index in [1.54, 1.807) is 31.1 Å². The van der Waals surface area contributed by atoms with E-state index in [1.807, 2.05) is 56.7 Å². The summed E-state index contributed by atoms with van der Waals surface area (Å²) in [6, 6.07) is 5.71. The van der Waals surface area contributed by atoms with Gasteiger partial charge in [-0.05, 0) is 30.5 Å². The van der Waals surface area contributed by atoms with E-state index in [2.05, 4.69) is 40.4 Å². The van der Waals surface area contributed by atoms with Crippen molar-refractivity contribution in [2.24, 2.45) is 5.41 Å². The Bertz CT molecular complexity index is 1800. The molecule has 0 fully saturated rings. The number of hydrogen-bond acceptors (Lipinski definition) is 7.